The summed E-state index contributed by atoms with van der Waals surface area (Å²) in [5, 5.41) is 0. The van der Waals surface area contributed by atoms with Crippen LogP contribution >= 0.6 is 11.3 Å². The van der Waals surface area contributed by atoms with E-state index in [2.05, 4.69) is 32.9 Å². The summed E-state index contributed by atoms with van der Waals surface area (Å²) in [7, 11) is 1.59. The van der Waals surface area contributed by atoms with E-state index in [1.807, 2.05) is 76.2 Å². The third kappa shape index (κ3) is 6.76. The van der Waals surface area contributed by atoms with Gasteiger partial charge >= 0.3 is 0 Å². The van der Waals surface area contributed by atoms with Crippen LogP contribution in [0.4, 0.5) is 0 Å². The molecule has 5 rings (SSSR count). The van der Waals surface area contributed by atoms with Gasteiger partial charge < -0.3 is 19.1 Å². The number of allylic oxidation sites excluding steroid dienone is 1. The van der Waals surface area contributed by atoms with Gasteiger partial charge in [-0.2, -0.15) is 0 Å². The minimum Gasteiger partial charge on any atom is -0.496 e. The van der Waals surface area contributed by atoms with Gasteiger partial charge in [0.2, 0.25) is 0 Å². The van der Waals surface area contributed by atoms with Crippen molar-refractivity contribution in [2.45, 2.75) is 61.1 Å². The molecule has 9 heteroatoms. The second-order valence-electron chi connectivity index (χ2n) is 11.6. The van der Waals surface area contributed by atoms with Gasteiger partial charge in [-0.05, 0) is 95.0 Å². The molecule has 1 aliphatic rings. The van der Waals surface area contributed by atoms with E-state index in [1.165, 1.54) is 28.0 Å². The number of aryl methyl sites for hydroxylation is 3. The lowest BCUT2D eigenvalue weighted by Crippen LogP contribution is -2.43. The highest BCUT2D eigenvalue weighted by Gasteiger charge is 2.35. The topological polar surface area (TPSA) is 82.4 Å². The lowest BCUT2D eigenvalue weighted by Gasteiger charge is -2.29. The number of para-hydroxylation sites is 1. The number of benzene rings is 3. The maximum absolute atomic E-state index is 14.2. The monoisotopic (exact) mass is 653 g/mol. The van der Waals surface area contributed by atoms with Crippen LogP contribution in [-0.4, -0.2) is 42.2 Å². The molecular formula is C38H43N3O5S. The lowest BCUT2D eigenvalue weighted by molar-refractivity contribution is -0.127. The highest BCUT2D eigenvalue weighted by Crippen LogP contribution is 2.36. The van der Waals surface area contributed by atoms with Crippen LogP contribution in [0.3, 0.4) is 0 Å². The normalized spacial score (nSPS) is 14.5. The largest absolute Gasteiger partial charge is 0.496 e. The molecule has 0 N–H and O–H groups in total. The minimum absolute atomic E-state index is 0.144. The van der Waals surface area contributed by atoms with Gasteiger partial charge in [-0.1, -0.05) is 53.3 Å². The van der Waals surface area contributed by atoms with Gasteiger partial charge in [0.1, 0.15) is 18.4 Å². The summed E-state index contributed by atoms with van der Waals surface area (Å²) in [6, 6.07) is 16.8. The van der Waals surface area contributed by atoms with Crippen molar-refractivity contribution >= 4 is 23.3 Å². The fourth-order valence-electron chi connectivity index (χ4n) is 6.20. The van der Waals surface area contributed by atoms with Gasteiger partial charge in [-0.15, -0.1) is 0 Å². The van der Waals surface area contributed by atoms with Crippen molar-refractivity contribution in [2.24, 2.45) is 4.99 Å². The number of carbonyl (C=O) groups excluding carboxylic acids is 1. The molecule has 1 atom stereocenters. The number of methoxy groups -OCH3 is 1. The molecule has 0 spiro atoms. The van der Waals surface area contributed by atoms with Crippen molar-refractivity contribution in [1.82, 2.24) is 9.47 Å². The Morgan fingerprint density at radius 2 is 1.64 bits per heavy atom. The van der Waals surface area contributed by atoms with Crippen LogP contribution in [0.2, 0.25) is 0 Å². The third-order valence-electron chi connectivity index (χ3n) is 8.51. The smallest absolute Gasteiger partial charge is 0.271 e. The summed E-state index contributed by atoms with van der Waals surface area (Å²) in [4.78, 5) is 35.2. The summed E-state index contributed by atoms with van der Waals surface area (Å²) in [5.41, 5.74) is 7.11. The molecule has 246 valence electrons. The molecule has 1 aliphatic heterocycles. The number of amides is 1. The van der Waals surface area contributed by atoms with E-state index in [4.69, 9.17) is 19.2 Å². The van der Waals surface area contributed by atoms with Gasteiger partial charge in [-0.25, -0.2) is 4.99 Å². The van der Waals surface area contributed by atoms with E-state index in [-0.39, 0.29) is 11.5 Å². The second-order valence-corrected chi connectivity index (χ2v) is 12.6. The first kappa shape index (κ1) is 33.7. The second kappa shape index (κ2) is 14.4. The van der Waals surface area contributed by atoms with Crippen molar-refractivity contribution < 1.29 is 19.0 Å². The molecule has 0 saturated heterocycles. The SMILES string of the molecule is CCOc1cc(/C=c2/sc3n(c2=O)[C@H](c2ccccc2OC)C(C(=O)N(CC)CC)=C(C)N=3)ccc1OCc1c(C)cc(C)cc1C. The summed E-state index contributed by atoms with van der Waals surface area (Å²) in [5.74, 6) is 1.69. The van der Waals surface area contributed by atoms with Gasteiger partial charge in [-0.3, -0.25) is 14.2 Å². The molecule has 0 radical (unpaired) electrons. The van der Waals surface area contributed by atoms with Gasteiger partial charge in [0.25, 0.3) is 11.5 Å². The number of thiazole rings is 1. The van der Waals surface area contributed by atoms with Gasteiger partial charge in [0.05, 0.1) is 29.5 Å². The molecule has 3 aromatic carbocycles. The average Bonchev–Trinajstić information content (AvgIpc) is 3.34. The predicted octanol–water partition coefficient (Wildman–Crippen LogP) is 6.02. The zero-order valence-electron chi connectivity index (χ0n) is 28.5. The zero-order chi connectivity index (χ0) is 33.8. The minimum atomic E-state index is -0.693. The number of likely N-dealkylation sites (N-methyl/N-ethyl adjacent to an activating group) is 1. The summed E-state index contributed by atoms with van der Waals surface area (Å²) in [6.45, 7) is 15.9. The molecule has 47 heavy (non-hydrogen) atoms. The Hall–Kier alpha value is -4.63. The number of nitrogens with zero attached hydrogens (tertiary/aromatic N) is 3. The van der Waals surface area contributed by atoms with Crippen molar-refractivity contribution in [3.63, 3.8) is 0 Å². The van der Waals surface area contributed by atoms with E-state index >= 15 is 0 Å². The molecule has 4 aromatic rings. The number of carbonyl (C=O) groups is 1. The maximum atomic E-state index is 14.2. The van der Waals surface area contributed by atoms with Crippen molar-refractivity contribution in [3.05, 3.63) is 119 Å². The highest BCUT2D eigenvalue weighted by atomic mass is 32.1. The average molecular weight is 654 g/mol. The maximum Gasteiger partial charge on any atom is 0.271 e. The Kier molecular flexibility index (Phi) is 10.3. The Bertz CT molecular complexity index is 2000. The molecule has 8 nitrogen and oxygen atoms in total. The predicted molar refractivity (Wildman–Crippen MR) is 187 cm³/mol. The number of hydrogen-bond donors (Lipinski definition) is 0. The quantitative estimate of drug-likeness (QED) is 0.198. The molecule has 2 heterocycles. The fourth-order valence-corrected chi connectivity index (χ4v) is 7.25. The van der Waals surface area contributed by atoms with Gasteiger partial charge in [0.15, 0.2) is 16.3 Å². The van der Waals surface area contributed by atoms with Crippen molar-refractivity contribution in [2.75, 3.05) is 26.8 Å². The highest BCUT2D eigenvalue weighted by molar-refractivity contribution is 7.07. The lowest BCUT2D eigenvalue weighted by atomic mass is 9.94. The van der Waals surface area contributed by atoms with Crippen LogP contribution in [0.5, 0.6) is 17.2 Å². The van der Waals surface area contributed by atoms with Crippen LogP contribution in [0.15, 0.2) is 75.7 Å². The van der Waals surface area contributed by atoms with Crippen LogP contribution in [0, 0.1) is 20.8 Å². The number of fused-ring (bicyclic) bond motifs is 1. The molecule has 0 aliphatic carbocycles. The summed E-state index contributed by atoms with van der Waals surface area (Å²) in [6.07, 6.45) is 1.84. The first-order valence-electron chi connectivity index (χ1n) is 16.0. The molecule has 1 amide bonds. The van der Waals surface area contributed by atoms with E-state index < -0.39 is 6.04 Å². The Morgan fingerprint density at radius 3 is 2.30 bits per heavy atom. The molecule has 0 fully saturated rings. The van der Waals surface area contributed by atoms with Crippen LogP contribution in [0.25, 0.3) is 6.08 Å². The van der Waals surface area contributed by atoms with Crippen molar-refractivity contribution in [3.8, 4) is 17.2 Å². The molecule has 0 saturated carbocycles. The van der Waals surface area contributed by atoms with Crippen molar-refractivity contribution in [1.29, 1.82) is 0 Å². The summed E-state index contributed by atoms with van der Waals surface area (Å²) < 4.78 is 20.1. The van der Waals surface area contributed by atoms with E-state index in [0.717, 1.165) is 16.7 Å². The number of ether oxygens (including phenoxy) is 3. The van der Waals surface area contributed by atoms with Crippen LogP contribution in [-0.2, 0) is 11.4 Å². The Labute approximate surface area is 280 Å². The zero-order valence-corrected chi connectivity index (χ0v) is 29.3. The third-order valence-corrected chi connectivity index (χ3v) is 9.50. The fraction of sp³-hybridized carbons (Fsp3) is 0.342. The summed E-state index contributed by atoms with van der Waals surface area (Å²) >= 11 is 1.30. The van der Waals surface area contributed by atoms with Gasteiger partial charge in [0, 0.05) is 18.7 Å². The molecule has 0 bridgehead atoms. The van der Waals surface area contributed by atoms with E-state index in [1.54, 1.807) is 16.6 Å². The molecular weight excluding hydrogens is 611 g/mol. The standard InChI is InChI=1S/C38H43N3O5S/c1-9-40(10-2)37(43)34-26(7)39-38-41(35(34)28-14-12-13-15-30(28)44-8)36(42)33(47-38)21-27-16-17-31(32(20-27)45-11-3)46-22-29-24(5)18-23(4)19-25(29)6/h12-21,35H,9-11,22H2,1-8H3/b33-21+/t35-/m1/s1. The molecule has 1 aromatic heterocycles. The Balaban J connectivity index is 1.58. The van der Waals surface area contributed by atoms with E-state index in [0.29, 0.717) is 64.2 Å². The van der Waals surface area contributed by atoms with Crippen LogP contribution < -0.4 is 29.1 Å². The number of aromatic nitrogens is 1. The first-order valence-corrected chi connectivity index (χ1v) is 16.8. The number of rotatable bonds is 11. The van der Waals surface area contributed by atoms with E-state index in [9.17, 15) is 9.59 Å². The molecule has 0 unspecified atom stereocenters. The first-order chi connectivity index (χ1) is 22.6. The Morgan fingerprint density at radius 1 is 0.936 bits per heavy atom. The number of hydrogen-bond acceptors (Lipinski definition) is 7. The van der Waals surface area contributed by atoms with Crippen LogP contribution in [0.1, 0.15) is 67.1 Å².